The van der Waals surface area contributed by atoms with Crippen molar-refractivity contribution in [3.05, 3.63) is 39.0 Å². The highest BCUT2D eigenvalue weighted by atomic mass is 32.1. The van der Waals surface area contributed by atoms with Crippen LogP contribution in [0.4, 0.5) is 5.13 Å². The Bertz CT molecular complexity index is 771. The average molecular weight is 347 g/mol. The van der Waals surface area contributed by atoms with Crippen molar-refractivity contribution in [1.29, 1.82) is 0 Å². The van der Waals surface area contributed by atoms with Gasteiger partial charge in [0.25, 0.3) is 5.56 Å². The van der Waals surface area contributed by atoms with Crippen LogP contribution in [0.15, 0.2) is 16.4 Å². The molecule has 8 heteroatoms. The molecule has 1 aliphatic rings. The quantitative estimate of drug-likeness (QED) is 0.871. The highest BCUT2D eigenvalue weighted by molar-refractivity contribution is 7.13. The minimum absolute atomic E-state index is 0.0449. The summed E-state index contributed by atoms with van der Waals surface area (Å²) in [6.45, 7) is 5.18. The molecule has 0 radical (unpaired) electrons. The molecule has 1 aliphatic heterocycles. The zero-order valence-corrected chi connectivity index (χ0v) is 14.7. The molecule has 0 saturated carbocycles. The van der Waals surface area contributed by atoms with Gasteiger partial charge < -0.3 is 10.3 Å². The van der Waals surface area contributed by atoms with Crippen LogP contribution in [-0.4, -0.2) is 44.9 Å². The van der Waals surface area contributed by atoms with Gasteiger partial charge in [0.1, 0.15) is 5.82 Å². The first kappa shape index (κ1) is 16.8. The van der Waals surface area contributed by atoms with E-state index in [1.54, 1.807) is 13.1 Å². The minimum Gasteiger partial charge on any atom is -0.311 e. The largest absolute Gasteiger partial charge is 0.311 e. The van der Waals surface area contributed by atoms with Crippen molar-refractivity contribution in [3.63, 3.8) is 0 Å². The van der Waals surface area contributed by atoms with E-state index in [0.717, 1.165) is 11.3 Å². The number of aromatic nitrogens is 3. The second kappa shape index (κ2) is 7.23. The topological polar surface area (TPSA) is 91.0 Å². The smallest absolute Gasteiger partial charge is 0.254 e. The van der Waals surface area contributed by atoms with Crippen LogP contribution in [0.3, 0.4) is 0 Å². The average Bonchev–Trinajstić information content (AvgIpc) is 2.95. The monoisotopic (exact) mass is 347 g/mol. The molecule has 1 amide bonds. The Kier molecular flexibility index (Phi) is 5.06. The fourth-order valence-electron chi connectivity index (χ4n) is 3.14. The number of fused-ring (bicyclic) bond motifs is 1. The number of amides is 1. The van der Waals surface area contributed by atoms with Crippen LogP contribution in [0.2, 0.25) is 0 Å². The minimum atomic E-state index is -0.233. The molecule has 0 aliphatic carbocycles. The Hall–Kier alpha value is -2.06. The van der Waals surface area contributed by atoms with Gasteiger partial charge in [-0.15, -0.1) is 11.3 Å². The standard InChI is InChI=1S/C16H21N5O2S/c1-3-13(15(23)20-16-17-6-9-24-16)21-7-4-11-12(5-8-21)18-10(2)19-14(11)22/h6,9,13H,3-5,7-8H2,1-2H3,(H,17,20,23)(H,18,19,22). The van der Waals surface area contributed by atoms with Crippen LogP contribution in [0, 0.1) is 6.92 Å². The maximum atomic E-state index is 12.6. The van der Waals surface area contributed by atoms with Crippen LogP contribution >= 0.6 is 11.3 Å². The van der Waals surface area contributed by atoms with Gasteiger partial charge in [-0.1, -0.05) is 6.92 Å². The van der Waals surface area contributed by atoms with E-state index < -0.39 is 0 Å². The molecule has 0 bridgehead atoms. The van der Waals surface area contributed by atoms with Crippen molar-refractivity contribution >= 4 is 22.4 Å². The zero-order chi connectivity index (χ0) is 17.1. The van der Waals surface area contributed by atoms with Crippen molar-refractivity contribution in [3.8, 4) is 0 Å². The van der Waals surface area contributed by atoms with E-state index >= 15 is 0 Å². The molecular formula is C16H21N5O2S. The van der Waals surface area contributed by atoms with Crippen LogP contribution in [-0.2, 0) is 17.6 Å². The summed E-state index contributed by atoms with van der Waals surface area (Å²) >= 11 is 1.41. The van der Waals surface area contributed by atoms with E-state index in [9.17, 15) is 9.59 Å². The molecule has 3 rings (SSSR count). The molecule has 1 unspecified atom stereocenters. The Morgan fingerprint density at radius 1 is 1.46 bits per heavy atom. The number of carbonyl (C=O) groups is 1. The van der Waals surface area contributed by atoms with Crippen molar-refractivity contribution in [2.24, 2.45) is 0 Å². The third-order valence-electron chi connectivity index (χ3n) is 4.30. The van der Waals surface area contributed by atoms with E-state index in [-0.39, 0.29) is 17.5 Å². The van der Waals surface area contributed by atoms with E-state index in [4.69, 9.17) is 0 Å². The first-order valence-corrected chi connectivity index (χ1v) is 8.99. The first-order valence-electron chi connectivity index (χ1n) is 8.11. The normalized spacial score (nSPS) is 16.2. The number of nitrogens with zero attached hydrogens (tertiary/aromatic N) is 3. The lowest BCUT2D eigenvalue weighted by Gasteiger charge is -2.28. The van der Waals surface area contributed by atoms with E-state index in [2.05, 4.69) is 25.2 Å². The van der Waals surface area contributed by atoms with E-state index in [1.165, 1.54) is 11.3 Å². The Morgan fingerprint density at radius 3 is 2.96 bits per heavy atom. The maximum Gasteiger partial charge on any atom is 0.254 e. The van der Waals surface area contributed by atoms with Gasteiger partial charge in [0.15, 0.2) is 5.13 Å². The van der Waals surface area contributed by atoms with Crippen molar-refractivity contribution < 1.29 is 4.79 Å². The SMILES string of the molecule is CCC(C(=O)Nc1nccs1)N1CCc2nc(C)[nH]c(=O)c2CC1. The summed E-state index contributed by atoms with van der Waals surface area (Å²) in [7, 11) is 0. The summed E-state index contributed by atoms with van der Waals surface area (Å²) < 4.78 is 0. The molecule has 0 aromatic carbocycles. The Morgan fingerprint density at radius 2 is 2.25 bits per heavy atom. The molecule has 1 atom stereocenters. The number of hydrogen-bond donors (Lipinski definition) is 2. The van der Waals surface area contributed by atoms with Crippen LogP contribution in [0.1, 0.15) is 30.4 Å². The molecule has 0 fully saturated rings. The highest BCUT2D eigenvalue weighted by Crippen LogP contribution is 2.17. The summed E-state index contributed by atoms with van der Waals surface area (Å²) in [6, 6.07) is -0.233. The second-order valence-corrected chi connectivity index (χ2v) is 6.76. The molecular weight excluding hydrogens is 326 g/mol. The van der Waals surface area contributed by atoms with Gasteiger partial charge in [0.2, 0.25) is 5.91 Å². The fraction of sp³-hybridized carbons (Fsp3) is 0.500. The summed E-state index contributed by atoms with van der Waals surface area (Å²) in [5.41, 5.74) is 1.55. The Labute approximate surface area is 144 Å². The molecule has 7 nitrogen and oxygen atoms in total. The number of nitrogens with one attached hydrogen (secondary N) is 2. The number of aromatic amines is 1. The zero-order valence-electron chi connectivity index (χ0n) is 13.8. The van der Waals surface area contributed by atoms with Gasteiger partial charge in [-0.05, 0) is 19.8 Å². The molecule has 2 aromatic rings. The van der Waals surface area contributed by atoms with Crippen molar-refractivity contribution in [1.82, 2.24) is 19.9 Å². The van der Waals surface area contributed by atoms with Gasteiger partial charge in [0.05, 0.1) is 11.7 Å². The summed E-state index contributed by atoms with van der Waals surface area (Å²) in [5, 5.41) is 5.32. The molecule has 128 valence electrons. The summed E-state index contributed by atoms with van der Waals surface area (Å²) in [6.07, 6.45) is 3.67. The highest BCUT2D eigenvalue weighted by Gasteiger charge is 2.27. The lowest BCUT2D eigenvalue weighted by Crippen LogP contribution is -2.45. The fourth-order valence-corrected chi connectivity index (χ4v) is 3.68. The number of hydrogen-bond acceptors (Lipinski definition) is 6. The molecule has 2 aromatic heterocycles. The molecule has 0 saturated heterocycles. The number of rotatable bonds is 4. The number of H-pyrrole nitrogens is 1. The van der Waals surface area contributed by atoms with E-state index in [0.29, 0.717) is 43.3 Å². The molecule has 24 heavy (non-hydrogen) atoms. The summed E-state index contributed by atoms with van der Waals surface area (Å²) in [4.78, 5) is 38.2. The number of thiazole rings is 1. The number of carbonyl (C=O) groups excluding carboxylic acids is 1. The van der Waals surface area contributed by atoms with Gasteiger partial charge in [-0.25, -0.2) is 9.97 Å². The van der Waals surface area contributed by atoms with Crippen LogP contribution in [0.5, 0.6) is 0 Å². The molecule has 2 N–H and O–H groups in total. The third-order valence-corrected chi connectivity index (χ3v) is 4.99. The van der Waals surface area contributed by atoms with Crippen molar-refractivity contribution in [2.75, 3.05) is 18.4 Å². The Balaban J connectivity index is 1.74. The van der Waals surface area contributed by atoms with Gasteiger partial charge in [-0.2, -0.15) is 0 Å². The van der Waals surface area contributed by atoms with Crippen LogP contribution < -0.4 is 10.9 Å². The predicted octanol–water partition coefficient (Wildman–Crippen LogP) is 1.35. The molecule has 0 spiro atoms. The lowest BCUT2D eigenvalue weighted by molar-refractivity contribution is -0.121. The van der Waals surface area contributed by atoms with Crippen molar-refractivity contribution in [2.45, 2.75) is 39.2 Å². The lowest BCUT2D eigenvalue weighted by atomic mass is 10.1. The second-order valence-electron chi connectivity index (χ2n) is 5.86. The predicted molar refractivity (Wildman–Crippen MR) is 93.4 cm³/mol. The number of aryl methyl sites for hydroxylation is 1. The van der Waals surface area contributed by atoms with E-state index in [1.807, 2.05) is 12.3 Å². The number of anilines is 1. The third kappa shape index (κ3) is 3.54. The first-order chi connectivity index (χ1) is 11.6. The molecule has 3 heterocycles. The van der Waals surface area contributed by atoms with Gasteiger partial charge in [0, 0.05) is 36.7 Å². The van der Waals surface area contributed by atoms with Gasteiger partial charge >= 0.3 is 0 Å². The maximum absolute atomic E-state index is 12.6. The van der Waals surface area contributed by atoms with Crippen LogP contribution in [0.25, 0.3) is 0 Å². The van der Waals surface area contributed by atoms with Gasteiger partial charge in [-0.3, -0.25) is 14.5 Å². The summed E-state index contributed by atoms with van der Waals surface area (Å²) in [5.74, 6) is 0.595.